The second kappa shape index (κ2) is 9.25. The first-order chi connectivity index (χ1) is 13.8. The zero-order chi connectivity index (χ0) is 20.9. The number of carbonyl (C=O) groups excluding carboxylic acids is 2. The fourth-order valence-electron chi connectivity index (χ4n) is 3.92. The van der Waals surface area contributed by atoms with Gasteiger partial charge in [-0.05, 0) is 47.9 Å². The van der Waals surface area contributed by atoms with Crippen molar-refractivity contribution in [2.24, 2.45) is 11.8 Å². The average molecular weight is 393 g/mol. The molecule has 0 bridgehead atoms. The van der Waals surface area contributed by atoms with E-state index in [9.17, 15) is 9.59 Å². The molecule has 4 heteroatoms. The van der Waals surface area contributed by atoms with E-state index in [1.165, 1.54) is 5.56 Å². The molecule has 0 aliphatic carbocycles. The largest absolute Gasteiger partial charge is 0.356 e. The lowest BCUT2D eigenvalue weighted by molar-refractivity contribution is -0.132. The summed E-state index contributed by atoms with van der Waals surface area (Å²) in [6.45, 7) is 7.26. The zero-order valence-electron chi connectivity index (χ0n) is 17.7. The standard InChI is InChI=1S/C25H32N2O2/c1-25(2,3)19-14-12-18(13-15-19)17-22(21-11-7-8-16-26-23(21)28)24(29)27-20-9-5-4-6-10-20/h4-6,9-10,12-15,21-22H,7-8,11,16-17H2,1-3H3,(H,26,28)(H,27,29). The Morgan fingerprint density at radius 2 is 1.76 bits per heavy atom. The van der Waals surface area contributed by atoms with E-state index >= 15 is 0 Å². The molecule has 2 aromatic carbocycles. The number of amides is 2. The summed E-state index contributed by atoms with van der Waals surface area (Å²) in [5, 5.41) is 6.01. The SMILES string of the molecule is CC(C)(C)c1ccc(CC(C(=O)Nc2ccccc2)C2CCCCNC2=O)cc1. The maximum Gasteiger partial charge on any atom is 0.228 e. The van der Waals surface area contributed by atoms with E-state index in [0.717, 1.165) is 30.5 Å². The van der Waals surface area contributed by atoms with Crippen molar-refractivity contribution in [3.05, 3.63) is 65.7 Å². The molecule has 2 atom stereocenters. The first-order valence-corrected chi connectivity index (χ1v) is 10.6. The van der Waals surface area contributed by atoms with Crippen molar-refractivity contribution < 1.29 is 9.59 Å². The van der Waals surface area contributed by atoms with Gasteiger partial charge in [0, 0.05) is 18.2 Å². The van der Waals surface area contributed by atoms with Crippen LogP contribution in [-0.4, -0.2) is 18.4 Å². The molecule has 1 saturated heterocycles. The van der Waals surface area contributed by atoms with Crippen LogP contribution in [0, 0.1) is 11.8 Å². The van der Waals surface area contributed by atoms with Gasteiger partial charge in [0.1, 0.15) is 0 Å². The summed E-state index contributed by atoms with van der Waals surface area (Å²) in [4.78, 5) is 25.9. The number of benzene rings is 2. The van der Waals surface area contributed by atoms with Crippen LogP contribution in [0.4, 0.5) is 5.69 Å². The fourth-order valence-corrected chi connectivity index (χ4v) is 3.92. The minimum absolute atomic E-state index is 0.00187. The first-order valence-electron chi connectivity index (χ1n) is 10.6. The van der Waals surface area contributed by atoms with Gasteiger partial charge >= 0.3 is 0 Å². The van der Waals surface area contributed by atoms with Gasteiger partial charge < -0.3 is 10.6 Å². The van der Waals surface area contributed by atoms with Crippen molar-refractivity contribution >= 4 is 17.5 Å². The lowest BCUT2D eigenvalue weighted by Crippen LogP contribution is -2.39. The molecule has 1 aliphatic heterocycles. The second-order valence-corrected chi connectivity index (χ2v) is 9.01. The maximum atomic E-state index is 13.2. The third-order valence-corrected chi connectivity index (χ3v) is 5.72. The van der Waals surface area contributed by atoms with E-state index in [-0.39, 0.29) is 23.1 Å². The van der Waals surface area contributed by atoms with Gasteiger partial charge in [-0.2, -0.15) is 0 Å². The van der Waals surface area contributed by atoms with Gasteiger partial charge in [0.25, 0.3) is 0 Å². The maximum absolute atomic E-state index is 13.2. The molecule has 0 radical (unpaired) electrons. The Morgan fingerprint density at radius 1 is 1.07 bits per heavy atom. The minimum Gasteiger partial charge on any atom is -0.356 e. The Balaban J connectivity index is 1.83. The topological polar surface area (TPSA) is 58.2 Å². The van der Waals surface area contributed by atoms with Crippen LogP contribution < -0.4 is 10.6 Å². The van der Waals surface area contributed by atoms with Crippen molar-refractivity contribution in [2.75, 3.05) is 11.9 Å². The molecule has 2 aromatic rings. The average Bonchev–Trinajstić information content (AvgIpc) is 2.91. The first kappa shape index (κ1) is 21.1. The van der Waals surface area contributed by atoms with Gasteiger partial charge in [-0.1, -0.05) is 69.7 Å². The highest BCUT2D eigenvalue weighted by Gasteiger charge is 2.34. The molecule has 2 unspecified atom stereocenters. The van der Waals surface area contributed by atoms with Crippen LogP contribution in [0.15, 0.2) is 54.6 Å². The summed E-state index contributed by atoms with van der Waals surface area (Å²) in [6.07, 6.45) is 3.23. The fraction of sp³-hybridized carbons (Fsp3) is 0.440. The van der Waals surface area contributed by atoms with Crippen LogP contribution in [0.25, 0.3) is 0 Å². The molecule has 3 rings (SSSR count). The summed E-state index contributed by atoms with van der Waals surface area (Å²) < 4.78 is 0. The molecule has 1 heterocycles. The Labute approximate surface area is 174 Å². The van der Waals surface area contributed by atoms with Crippen LogP contribution in [0.2, 0.25) is 0 Å². The number of anilines is 1. The second-order valence-electron chi connectivity index (χ2n) is 9.01. The number of hydrogen-bond donors (Lipinski definition) is 2. The van der Waals surface area contributed by atoms with Crippen LogP contribution in [-0.2, 0) is 21.4 Å². The predicted octanol–water partition coefficient (Wildman–Crippen LogP) is 4.70. The van der Waals surface area contributed by atoms with Crippen molar-refractivity contribution in [2.45, 2.75) is 51.9 Å². The van der Waals surface area contributed by atoms with E-state index in [4.69, 9.17) is 0 Å². The van der Waals surface area contributed by atoms with Gasteiger partial charge in [0.15, 0.2) is 0 Å². The molecule has 29 heavy (non-hydrogen) atoms. The van der Waals surface area contributed by atoms with Crippen molar-refractivity contribution in [3.8, 4) is 0 Å². The van der Waals surface area contributed by atoms with E-state index in [1.807, 2.05) is 30.3 Å². The van der Waals surface area contributed by atoms with Gasteiger partial charge in [-0.25, -0.2) is 0 Å². The Hall–Kier alpha value is -2.62. The Morgan fingerprint density at radius 3 is 2.41 bits per heavy atom. The number of hydrogen-bond acceptors (Lipinski definition) is 2. The summed E-state index contributed by atoms with van der Waals surface area (Å²) >= 11 is 0. The normalized spacial score (nSPS) is 18.4. The van der Waals surface area contributed by atoms with Gasteiger partial charge in [-0.15, -0.1) is 0 Å². The summed E-state index contributed by atoms with van der Waals surface area (Å²) in [6, 6.07) is 17.9. The van der Waals surface area contributed by atoms with Crippen LogP contribution >= 0.6 is 0 Å². The smallest absolute Gasteiger partial charge is 0.228 e. The monoisotopic (exact) mass is 392 g/mol. The van der Waals surface area contributed by atoms with Gasteiger partial charge in [0.05, 0.1) is 5.92 Å². The third kappa shape index (κ3) is 5.69. The predicted molar refractivity (Wildman–Crippen MR) is 118 cm³/mol. The molecule has 1 fully saturated rings. The number of nitrogens with one attached hydrogen (secondary N) is 2. The summed E-state index contributed by atoms with van der Waals surface area (Å²) in [5.41, 5.74) is 3.20. The molecule has 2 amide bonds. The zero-order valence-corrected chi connectivity index (χ0v) is 17.7. The summed E-state index contributed by atoms with van der Waals surface area (Å²) in [7, 11) is 0. The molecule has 0 spiro atoms. The minimum atomic E-state index is -0.395. The van der Waals surface area contributed by atoms with Crippen LogP contribution in [0.3, 0.4) is 0 Å². The van der Waals surface area contributed by atoms with E-state index in [1.54, 1.807) is 0 Å². The molecule has 1 aliphatic rings. The van der Waals surface area contributed by atoms with E-state index in [2.05, 4.69) is 55.7 Å². The molecular weight excluding hydrogens is 360 g/mol. The highest BCUT2D eigenvalue weighted by molar-refractivity contribution is 5.96. The van der Waals surface area contributed by atoms with E-state index < -0.39 is 5.92 Å². The highest BCUT2D eigenvalue weighted by atomic mass is 16.2. The van der Waals surface area contributed by atoms with Gasteiger partial charge in [-0.3, -0.25) is 9.59 Å². The van der Waals surface area contributed by atoms with Crippen LogP contribution in [0.5, 0.6) is 0 Å². The molecule has 0 saturated carbocycles. The Bertz CT molecular complexity index is 822. The van der Waals surface area contributed by atoms with Crippen molar-refractivity contribution in [1.82, 2.24) is 5.32 Å². The highest BCUT2D eigenvalue weighted by Crippen LogP contribution is 2.28. The van der Waals surface area contributed by atoms with Gasteiger partial charge in [0.2, 0.25) is 11.8 Å². The van der Waals surface area contributed by atoms with Crippen molar-refractivity contribution in [1.29, 1.82) is 0 Å². The number of para-hydroxylation sites is 1. The lowest BCUT2D eigenvalue weighted by atomic mass is 9.81. The molecular formula is C25H32N2O2. The number of carbonyl (C=O) groups is 2. The Kier molecular flexibility index (Phi) is 6.73. The molecule has 154 valence electrons. The molecule has 4 nitrogen and oxygen atoms in total. The van der Waals surface area contributed by atoms with Crippen molar-refractivity contribution in [3.63, 3.8) is 0 Å². The lowest BCUT2D eigenvalue weighted by Gasteiger charge is -2.25. The van der Waals surface area contributed by atoms with Crippen LogP contribution in [0.1, 0.15) is 51.2 Å². The molecule has 2 N–H and O–H groups in total. The van der Waals surface area contributed by atoms with E-state index in [0.29, 0.717) is 13.0 Å². The quantitative estimate of drug-likeness (QED) is 0.775. The molecule has 0 aromatic heterocycles. The number of rotatable bonds is 5. The third-order valence-electron chi connectivity index (χ3n) is 5.72. The summed E-state index contributed by atoms with van der Waals surface area (Å²) in [5.74, 6) is -0.780.